The molecular formula is C15H21FN2O6. The number of ether oxygens (including phenoxy) is 1. The average Bonchev–Trinajstić information content (AvgIpc) is 2.44. The topological polar surface area (TPSA) is 142 Å². The van der Waals surface area contributed by atoms with Crippen LogP contribution in [-0.2, 0) is 4.74 Å². The summed E-state index contributed by atoms with van der Waals surface area (Å²) >= 11 is 0. The SMILES string of the molecule is CC(C)(C)OC(=O)NCC(O)C(O)c1cc(F)cc(C(=O)O)c1N. The Morgan fingerprint density at radius 3 is 2.42 bits per heavy atom. The number of amides is 1. The van der Waals surface area contributed by atoms with Crippen molar-refractivity contribution < 1.29 is 34.0 Å². The predicted molar refractivity (Wildman–Crippen MR) is 83.0 cm³/mol. The average molecular weight is 344 g/mol. The summed E-state index contributed by atoms with van der Waals surface area (Å²) in [5, 5.41) is 31.2. The Balaban J connectivity index is 2.85. The van der Waals surface area contributed by atoms with Crippen LogP contribution in [0.15, 0.2) is 12.1 Å². The van der Waals surface area contributed by atoms with E-state index in [1.54, 1.807) is 20.8 Å². The third kappa shape index (κ3) is 5.36. The molecule has 0 aliphatic heterocycles. The standard InChI is InChI=1S/C15H21FN2O6/c1-15(2,3)24-14(23)18-6-10(19)12(20)8-4-7(16)5-9(11(8)17)13(21)22/h4-5,10,12,19-20H,6,17H2,1-3H3,(H,18,23)(H,21,22). The molecule has 8 nitrogen and oxygen atoms in total. The van der Waals surface area contributed by atoms with Crippen LogP contribution in [0.4, 0.5) is 14.9 Å². The summed E-state index contributed by atoms with van der Waals surface area (Å²) in [6.45, 7) is 4.55. The Labute approximate surface area is 138 Å². The molecule has 24 heavy (non-hydrogen) atoms. The number of benzene rings is 1. The molecule has 0 aliphatic carbocycles. The van der Waals surface area contributed by atoms with Crippen LogP contribution in [0.2, 0.25) is 0 Å². The molecule has 134 valence electrons. The third-order valence-electron chi connectivity index (χ3n) is 2.94. The van der Waals surface area contributed by atoms with Crippen molar-refractivity contribution in [3.05, 3.63) is 29.1 Å². The van der Waals surface area contributed by atoms with Gasteiger partial charge in [0, 0.05) is 12.1 Å². The number of nitrogens with two attached hydrogens (primary N) is 1. The summed E-state index contributed by atoms with van der Waals surface area (Å²) in [5.41, 5.74) is 3.68. The lowest BCUT2D eigenvalue weighted by Crippen LogP contribution is -2.39. The third-order valence-corrected chi connectivity index (χ3v) is 2.94. The van der Waals surface area contributed by atoms with Gasteiger partial charge in [-0.15, -0.1) is 0 Å². The Morgan fingerprint density at radius 2 is 1.92 bits per heavy atom. The fourth-order valence-corrected chi connectivity index (χ4v) is 1.88. The van der Waals surface area contributed by atoms with E-state index >= 15 is 0 Å². The van der Waals surface area contributed by atoms with Crippen LogP contribution in [0.3, 0.4) is 0 Å². The van der Waals surface area contributed by atoms with E-state index in [1.165, 1.54) is 0 Å². The summed E-state index contributed by atoms with van der Waals surface area (Å²) in [7, 11) is 0. The second-order valence-corrected chi connectivity index (χ2v) is 6.16. The zero-order chi connectivity index (χ0) is 18.7. The van der Waals surface area contributed by atoms with Crippen molar-refractivity contribution in [2.75, 3.05) is 12.3 Å². The molecule has 6 N–H and O–H groups in total. The lowest BCUT2D eigenvalue weighted by molar-refractivity contribution is 0.0131. The second-order valence-electron chi connectivity index (χ2n) is 6.16. The van der Waals surface area contributed by atoms with Gasteiger partial charge in [0.25, 0.3) is 0 Å². The normalized spacial score (nSPS) is 13.9. The smallest absolute Gasteiger partial charge is 0.407 e. The van der Waals surface area contributed by atoms with Gasteiger partial charge >= 0.3 is 12.1 Å². The number of halogens is 1. The first kappa shape index (κ1) is 19.7. The highest BCUT2D eigenvalue weighted by Crippen LogP contribution is 2.27. The first-order valence-corrected chi connectivity index (χ1v) is 7.07. The lowest BCUT2D eigenvalue weighted by atomic mass is 9.99. The molecule has 1 aromatic carbocycles. The maximum Gasteiger partial charge on any atom is 0.407 e. The quantitative estimate of drug-likeness (QED) is 0.502. The molecule has 0 radical (unpaired) electrons. The van der Waals surface area contributed by atoms with E-state index in [2.05, 4.69) is 5.32 Å². The highest BCUT2D eigenvalue weighted by Gasteiger charge is 2.25. The molecule has 0 saturated heterocycles. The summed E-state index contributed by atoms with van der Waals surface area (Å²) in [4.78, 5) is 22.5. The van der Waals surface area contributed by atoms with Gasteiger partial charge in [0.15, 0.2) is 0 Å². The van der Waals surface area contributed by atoms with Gasteiger partial charge in [-0.3, -0.25) is 0 Å². The minimum atomic E-state index is -1.70. The molecular weight excluding hydrogens is 323 g/mol. The van der Waals surface area contributed by atoms with Crippen molar-refractivity contribution in [3.8, 4) is 0 Å². The molecule has 0 aliphatic rings. The van der Waals surface area contributed by atoms with Crippen LogP contribution in [0.1, 0.15) is 42.8 Å². The Hall–Kier alpha value is -2.39. The molecule has 1 rings (SSSR count). The molecule has 2 unspecified atom stereocenters. The fourth-order valence-electron chi connectivity index (χ4n) is 1.88. The van der Waals surface area contributed by atoms with Crippen LogP contribution >= 0.6 is 0 Å². The van der Waals surface area contributed by atoms with Crippen LogP contribution in [-0.4, -0.2) is 45.6 Å². The number of carbonyl (C=O) groups excluding carboxylic acids is 1. The first-order valence-electron chi connectivity index (χ1n) is 7.07. The Kier molecular flexibility index (Phi) is 6.10. The minimum Gasteiger partial charge on any atom is -0.478 e. The van der Waals surface area contributed by atoms with Gasteiger partial charge in [0.2, 0.25) is 0 Å². The van der Waals surface area contributed by atoms with Crippen molar-refractivity contribution in [2.24, 2.45) is 0 Å². The van der Waals surface area contributed by atoms with Gasteiger partial charge < -0.3 is 31.1 Å². The first-order chi connectivity index (χ1) is 10.9. The number of nitrogens with one attached hydrogen (secondary N) is 1. The van der Waals surface area contributed by atoms with Crippen LogP contribution < -0.4 is 11.1 Å². The van der Waals surface area contributed by atoms with E-state index < -0.39 is 47.8 Å². The van der Waals surface area contributed by atoms with Crippen molar-refractivity contribution in [2.45, 2.75) is 38.6 Å². The predicted octanol–water partition coefficient (Wildman–Crippen LogP) is 1.03. The van der Waals surface area contributed by atoms with E-state index in [4.69, 9.17) is 15.6 Å². The number of carboxylic acid groups (broad SMARTS) is 1. The number of carbonyl (C=O) groups is 2. The van der Waals surface area contributed by atoms with Crippen molar-refractivity contribution in [1.82, 2.24) is 5.32 Å². The van der Waals surface area contributed by atoms with Crippen LogP contribution in [0.5, 0.6) is 0 Å². The molecule has 0 saturated carbocycles. The van der Waals surface area contributed by atoms with Gasteiger partial charge in [-0.05, 0) is 32.9 Å². The summed E-state index contributed by atoms with van der Waals surface area (Å²) < 4.78 is 18.5. The van der Waals surface area contributed by atoms with Crippen molar-refractivity contribution in [3.63, 3.8) is 0 Å². The lowest BCUT2D eigenvalue weighted by Gasteiger charge is -2.23. The maximum atomic E-state index is 13.5. The highest BCUT2D eigenvalue weighted by atomic mass is 19.1. The number of hydrogen-bond acceptors (Lipinski definition) is 6. The van der Waals surface area contributed by atoms with Crippen molar-refractivity contribution in [1.29, 1.82) is 0 Å². The molecule has 9 heteroatoms. The molecule has 1 amide bonds. The zero-order valence-electron chi connectivity index (χ0n) is 13.5. The van der Waals surface area contributed by atoms with Gasteiger partial charge in [-0.2, -0.15) is 0 Å². The molecule has 0 heterocycles. The number of anilines is 1. The molecule has 0 bridgehead atoms. The largest absolute Gasteiger partial charge is 0.478 e. The van der Waals surface area contributed by atoms with E-state index in [0.717, 1.165) is 6.07 Å². The second kappa shape index (κ2) is 7.45. The number of rotatable bonds is 5. The number of aliphatic hydroxyl groups is 2. The number of carboxylic acids is 1. The minimum absolute atomic E-state index is 0.286. The van der Waals surface area contributed by atoms with Crippen molar-refractivity contribution >= 4 is 17.7 Å². The van der Waals surface area contributed by atoms with E-state index in [-0.39, 0.29) is 11.3 Å². The number of hydrogen-bond donors (Lipinski definition) is 5. The van der Waals surface area contributed by atoms with Gasteiger partial charge in [0.1, 0.15) is 23.6 Å². The summed E-state index contributed by atoms with van der Waals surface area (Å²) in [6, 6.07) is 1.53. The zero-order valence-corrected chi connectivity index (χ0v) is 13.5. The molecule has 0 fully saturated rings. The number of aromatic carboxylic acids is 1. The Bertz CT molecular complexity index is 629. The van der Waals surface area contributed by atoms with E-state index in [0.29, 0.717) is 6.07 Å². The van der Waals surface area contributed by atoms with E-state index in [9.17, 15) is 24.2 Å². The van der Waals surface area contributed by atoms with Crippen LogP contribution in [0, 0.1) is 5.82 Å². The van der Waals surface area contributed by atoms with E-state index in [1.807, 2.05) is 0 Å². The molecule has 2 atom stereocenters. The maximum absolute atomic E-state index is 13.5. The molecule has 1 aromatic rings. The highest BCUT2D eigenvalue weighted by molar-refractivity contribution is 5.94. The van der Waals surface area contributed by atoms with Crippen LogP contribution in [0.25, 0.3) is 0 Å². The number of alkyl carbamates (subject to hydrolysis) is 1. The fraction of sp³-hybridized carbons (Fsp3) is 0.467. The summed E-state index contributed by atoms with van der Waals surface area (Å²) in [5.74, 6) is -2.40. The molecule has 0 spiro atoms. The van der Waals surface area contributed by atoms with Gasteiger partial charge in [-0.25, -0.2) is 14.0 Å². The molecule has 0 aromatic heterocycles. The Morgan fingerprint density at radius 1 is 1.33 bits per heavy atom. The summed E-state index contributed by atoms with van der Waals surface area (Å²) in [6.07, 6.45) is -4.07. The van der Waals surface area contributed by atoms with Gasteiger partial charge in [0.05, 0.1) is 11.3 Å². The number of nitrogen functional groups attached to an aromatic ring is 1. The van der Waals surface area contributed by atoms with Gasteiger partial charge in [-0.1, -0.05) is 0 Å². The number of aliphatic hydroxyl groups excluding tert-OH is 2. The monoisotopic (exact) mass is 344 g/mol.